The van der Waals surface area contributed by atoms with Crippen LogP contribution in [0, 0.1) is 17.2 Å². The summed E-state index contributed by atoms with van der Waals surface area (Å²) < 4.78 is 2.44. The molecule has 0 bridgehead atoms. The Morgan fingerprint density at radius 3 is 2.70 bits per heavy atom. The van der Waals surface area contributed by atoms with Crippen LogP contribution in [0.4, 0.5) is 5.82 Å². The van der Waals surface area contributed by atoms with Gasteiger partial charge in [-0.1, -0.05) is 13.8 Å². The predicted molar refractivity (Wildman–Crippen MR) is 92.4 cm³/mol. The summed E-state index contributed by atoms with van der Waals surface area (Å²) in [6, 6.07) is 4.92. The first-order chi connectivity index (χ1) is 11.1. The van der Waals surface area contributed by atoms with Gasteiger partial charge in [-0.2, -0.15) is 5.26 Å². The molecule has 0 radical (unpaired) electrons. The van der Waals surface area contributed by atoms with Crippen LogP contribution in [-0.4, -0.2) is 21.6 Å². The number of imidazole rings is 1. The number of pyridine rings is 1. The molecule has 0 saturated heterocycles. The summed E-state index contributed by atoms with van der Waals surface area (Å²) in [6.07, 6.45) is 7.11. The predicted octanol–water partition coefficient (Wildman–Crippen LogP) is 4.24. The normalized spacial score (nSPS) is 21.5. The highest BCUT2D eigenvalue weighted by atomic mass is 15.1. The average molecular weight is 311 g/mol. The number of rotatable bonds is 4. The number of fused-ring (bicyclic) bond motifs is 1. The molecule has 1 fully saturated rings. The lowest BCUT2D eigenvalue weighted by atomic mass is 9.84. The third-order valence-electron chi connectivity index (χ3n) is 4.94. The first kappa shape index (κ1) is 15.8. The molecular formula is C18H25N5. The fourth-order valence-electron chi connectivity index (χ4n) is 3.68. The van der Waals surface area contributed by atoms with Gasteiger partial charge in [-0.25, -0.2) is 9.97 Å². The van der Waals surface area contributed by atoms with Crippen LogP contribution in [-0.2, 0) is 0 Å². The highest BCUT2D eigenvalue weighted by Crippen LogP contribution is 2.37. The van der Waals surface area contributed by atoms with E-state index < -0.39 is 0 Å². The van der Waals surface area contributed by atoms with Gasteiger partial charge < -0.3 is 9.88 Å². The molecule has 1 saturated carbocycles. The number of hydrogen-bond donors (Lipinski definition) is 1. The zero-order chi connectivity index (χ0) is 16.4. The minimum atomic E-state index is 0.386. The summed E-state index contributed by atoms with van der Waals surface area (Å²) in [5, 5.41) is 12.0. The molecule has 2 aromatic heterocycles. The van der Waals surface area contributed by atoms with Gasteiger partial charge in [0.15, 0.2) is 0 Å². The van der Waals surface area contributed by atoms with Crippen molar-refractivity contribution in [2.75, 3.05) is 12.4 Å². The van der Waals surface area contributed by atoms with E-state index in [0.717, 1.165) is 42.8 Å². The highest BCUT2D eigenvalue weighted by Gasteiger charge is 2.26. The Morgan fingerprint density at radius 1 is 1.35 bits per heavy atom. The zero-order valence-corrected chi connectivity index (χ0v) is 14.2. The molecule has 2 aromatic rings. The number of hydrogen-bond acceptors (Lipinski definition) is 4. The fraction of sp³-hybridized carbons (Fsp3) is 0.611. The Morgan fingerprint density at radius 2 is 2.09 bits per heavy atom. The number of nitrogens with one attached hydrogen (secondary N) is 1. The van der Waals surface area contributed by atoms with Crippen molar-refractivity contribution in [2.45, 2.75) is 57.9 Å². The van der Waals surface area contributed by atoms with Gasteiger partial charge in [-0.05, 0) is 31.6 Å². The van der Waals surface area contributed by atoms with Gasteiger partial charge in [0.2, 0.25) is 0 Å². The summed E-state index contributed by atoms with van der Waals surface area (Å²) in [4.78, 5) is 9.24. The fourth-order valence-corrected chi connectivity index (χ4v) is 3.68. The van der Waals surface area contributed by atoms with Gasteiger partial charge >= 0.3 is 0 Å². The SMILES string of the molecule is CNc1cc2c(cn1)nc(C(C)C)n2[C@H]1CC[C@H](CC#N)CC1. The van der Waals surface area contributed by atoms with Gasteiger partial charge in [0.25, 0.3) is 0 Å². The Balaban J connectivity index is 1.98. The van der Waals surface area contributed by atoms with Crippen molar-refractivity contribution in [1.29, 1.82) is 5.26 Å². The maximum absolute atomic E-state index is 8.91. The van der Waals surface area contributed by atoms with E-state index in [1.807, 2.05) is 13.2 Å². The molecular weight excluding hydrogens is 286 g/mol. The lowest BCUT2D eigenvalue weighted by Gasteiger charge is -2.30. The maximum Gasteiger partial charge on any atom is 0.127 e. The minimum absolute atomic E-state index is 0.386. The molecule has 0 spiro atoms. The zero-order valence-electron chi connectivity index (χ0n) is 14.2. The van der Waals surface area contributed by atoms with E-state index in [4.69, 9.17) is 10.2 Å². The summed E-state index contributed by atoms with van der Waals surface area (Å²) >= 11 is 0. The monoisotopic (exact) mass is 311 g/mol. The first-order valence-corrected chi connectivity index (χ1v) is 8.56. The molecule has 3 rings (SSSR count). The second kappa shape index (κ2) is 6.57. The molecule has 0 amide bonds. The largest absolute Gasteiger partial charge is 0.373 e. The Hall–Kier alpha value is -2.09. The molecule has 1 aliphatic carbocycles. The lowest BCUT2D eigenvalue weighted by molar-refractivity contribution is 0.276. The quantitative estimate of drug-likeness (QED) is 0.917. The van der Waals surface area contributed by atoms with E-state index >= 15 is 0 Å². The molecule has 5 heteroatoms. The van der Waals surface area contributed by atoms with Crippen LogP contribution in [0.2, 0.25) is 0 Å². The molecule has 2 heterocycles. The van der Waals surface area contributed by atoms with Crippen LogP contribution in [0.5, 0.6) is 0 Å². The molecule has 0 unspecified atom stereocenters. The molecule has 1 aliphatic rings. The van der Waals surface area contributed by atoms with Gasteiger partial charge in [-0.15, -0.1) is 0 Å². The maximum atomic E-state index is 8.91. The average Bonchev–Trinajstić information content (AvgIpc) is 2.94. The number of aromatic nitrogens is 3. The van der Waals surface area contributed by atoms with Crippen LogP contribution in [0.3, 0.4) is 0 Å². The third-order valence-corrected chi connectivity index (χ3v) is 4.94. The highest BCUT2D eigenvalue weighted by molar-refractivity contribution is 5.78. The van der Waals surface area contributed by atoms with E-state index in [2.05, 4.69) is 40.9 Å². The topological polar surface area (TPSA) is 66.5 Å². The van der Waals surface area contributed by atoms with E-state index in [9.17, 15) is 0 Å². The third kappa shape index (κ3) is 3.03. The molecule has 122 valence electrons. The van der Waals surface area contributed by atoms with E-state index in [1.54, 1.807) is 0 Å². The molecule has 5 nitrogen and oxygen atoms in total. The van der Waals surface area contributed by atoms with Gasteiger partial charge in [0.1, 0.15) is 17.2 Å². The second-order valence-electron chi connectivity index (χ2n) is 6.84. The van der Waals surface area contributed by atoms with Crippen LogP contribution in [0.25, 0.3) is 11.0 Å². The lowest BCUT2D eigenvalue weighted by Crippen LogP contribution is -2.20. The summed E-state index contributed by atoms with van der Waals surface area (Å²) in [5.74, 6) is 2.99. The first-order valence-electron chi connectivity index (χ1n) is 8.56. The summed E-state index contributed by atoms with van der Waals surface area (Å²) in [5.41, 5.74) is 2.16. The van der Waals surface area contributed by atoms with Crippen molar-refractivity contribution in [1.82, 2.24) is 14.5 Å². The molecule has 0 aliphatic heterocycles. The van der Waals surface area contributed by atoms with Crippen LogP contribution < -0.4 is 5.32 Å². The van der Waals surface area contributed by atoms with Crippen LogP contribution in [0.1, 0.15) is 63.7 Å². The van der Waals surface area contributed by atoms with Gasteiger partial charge in [0.05, 0.1) is 17.8 Å². The van der Waals surface area contributed by atoms with Crippen molar-refractivity contribution in [2.24, 2.45) is 5.92 Å². The smallest absolute Gasteiger partial charge is 0.127 e. The Labute approximate surface area is 137 Å². The van der Waals surface area contributed by atoms with E-state index in [-0.39, 0.29) is 0 Å². The molecule has 0 aromatic carbocycles. The Kier molecular flexibility index (Phi) is 4.51. The van der Waals surface area contributed by atoms with E-state index in [0.29, 0.717) is 24.3 Å². The van der Waals surface area contributed by atoms with Crippen molar-refractivity contribution < 1.29 is 0 Å². The molecule has 1 N–H and O–H groups in total. The van der Waals surface area contributed by atoms with Crippen LogP contribution in [0.15, 0.2) is 12.3 Å². The summed E-state index contributed by atoms with van der Waals surface area (Å²) in [6.45, 7) is 4.40. The van der Waals surface area contributed by atoms with Crippen LogP contribution >= 0.6 is 0 Å². The van der Waals surface area contributed by atoms with Crippen molar-refractivity contribution >= 4 is 16.9 Å². The van der Waals surface area contributed by atoms with Crippen molar-refractivity contribution in [3.63, 3.8) is 0 Å². The van der Waals surface area contributed by atoms with Gasteiger partial charge in [0, 0.05) is 31.5 Å². The second-order valence-corrected chi connectivity index (χ2v) is 6.84. The number of nitriles is 1. The molecule has 0 atom stereocenters. The van der Waals surface area contributed by atoms with Crippen molar-refractivity contribution in [3.05, 3.63) is 18.1 Å². The number of nitrogens with zero attached hydrogens (tertiary/aromatic N) is 4. The Bertz CT molecular complexity index is 717. The summed E-state index contributed by atoms with van der Waals surface area (Å²) in [7, 11) is 1.89. The minimum Gasteiger partial charge on any atom is -0.373 e. The van der Waals surface area contributed by atoms with Gasteiger partial charge in [-0.3, -0.25) is 0 Å². The number of anilines is 1. The van der Waals surface area contributed by atoms with Crippen molar-refractivity contribution in [3.8, 4) is 6.07 Å². The van der Waals surface area contributed by atoms with E-state index in [1.165, 1.54) is 5.52 Å². The standard InChI is InChI=1S/C18H25N5/c1-12(2)18-22-15-11-21-17(20-3)10-16(15)23(18)14-6-4-13(5-7-14)8-9-19/h10-14H,4-8H2,1-3H3,(H,20,21)/t13-,14-. The molecule has 23 heavy (non-hydrogen) atoms.